The molecule has 5 aromatic rings. The zero-order chi connectivity index (χ0) is 21.0. The Morgan fingerprint density at radius 2 is 0.839 bits per heavy atom. The minimum atomic E-state index is 0.725. The molecule has 0 saturated carbocycles. The van der Waals surface area contributed by atoms with Gasteiger partial charge in [0.05, 0.1) is 11.4 Å². The second kappa shape index (κ2) is 8.66. The Labute approximate surface area is 190 Å². The smallest absolute Gasteiger partial charge is 0.160 e. The molecule has 0 aliphatic carbocycles. The molecule has 1 heterocycles. The van der Waals surface area contributed by atoms with Gasteiger partial charge < -0.3 is 0 Å². The van der Waals surface area contributed by atoms with Crippen LogP contribution in [0, 0.1) is 0 Å². The largest absolute Gasteiger partial charge is 0.228 e. The van der Waals surface area contributed by atoms with Gasteiger partial charge in [0.15, 0.2) is 5.82 Å². The highest BCUT2D eigenvalue weighted by molar-refractivity contribution is 9.10. The molecule has 0 N–H and O–H groups in total. The molecule has 0 fully saturated rings. The monoisotopic (exact) mass is 462 g/mol. The van der Waals surface area contributed by atoms with Crippen LogP contribution >= 0.6 is 15.9 Å². The van der Waals surface area contributed by atoms with E-state index in [1.54, 1.807) is 0 Å². The molecule has 0 radical (unpaired) electrons. The summed E-state index contributed by atoms with van der Waals surface area (Å²) in [5, 5.41) is 0. The van der Waals surface area contributed by atoms with Crippen molar-refractivity contribution in [2.24, 2.45) is 0 Å². The number of rotatable bonds is 4. The van der Waals surface area contributed by atoms with Gasteiger partial charge in [-0.25, -0.2) is 9.97 Å². The van der Waals surface area contributed by atoms with Crippen LogP contribution in [-0.4, -0.2) is 9.97 Å². The number of hydrogen-bond acceptors (Lipinski definition) is 2. The third-order valence-corrected chi connectivity index (χ3v) is 5.71. The van der Waals surface area contributed by atoms with Crippen molar-refractivity contribution < 1.29 is 0 Å². The van der Waals surface area contributed by atoms with E-state index in [0.29, 0.717) is 0 Å². The molecule has 0 saturated heterocycles. The lowest BCUT2D eigenvalue weighted by Gasteiger charge is -2.10. The van der Waals surface area contributed by atoms with Crippen molar-refractivity contribution >= 4 is 15.9 Å². The van der Waals surface area contributed by atoms with Crippen LogP contribution in [0.5, 0.6) is 0 Å². The van der Waals surface area contributed by atoms with E-state index in [0.717, 1.165) is 38.4 Å². The molecule has 0 amide bonds. The molecule has 0 bridgehead atoms. The lowest BCUT2D eigenvalue weighted by atomic mass is 10.0. The highest BCUT2D eigenvalue weighted by Crippen LogP contribution is 2.29. The standard InChI is InChI=1S/C28H19BrN2/c29-25-17-15-21(16-18-25)20-11-13-24(14-12-20)28-30-26(22-7-3-1-4-8-22)19-27(31-28)23-9-5-2-6-10-23/h1-19H. The highest BCUT2D eigenvalue weighted by atomic mass is 79.9. The van der Waals surface area contributed by atoms with Gasteiger partial charge in [-0.3, -0.25) is 0 Å². The normalized spacial score (nSPS) is 10.7. The first-order valence-electron chi connectivity index (χ1n) is 10.1. The van der Waals surface area contributed by atoms with Crippen molar-refractivity contribution in [3.8, 4) is 45.0 Å². The molecule has 0 unspecified atom stereocenters. The first kappa shape index (κ1) is 19.4. The van der Waals surface area contributed by atoms with Gasteiger partial charge in [-0.15, -0.1) is 0 Å². The van der Waals surface area contributed by atoms with Crippen LogP contribution < -0.4 is 0 Å². The van der Waals surface area contributed by atoms with Gasteiger partial charge in [0.25, 0.3) is 0 Å². The Kier molecular flexibility index (Phi) is 5.42. The molecule has 1 aromatic heterocycles. The van der Waals surface area contributed by atoms with Crippen molar-refractivity contribution in [3.05, 3.63) is 120 Å². The summed E-state index contributed by atoms with van der Waals surface area (Å²) in [7, 11) is 0. The van der Waals surface area contributed by atoms with Gasteiger partial charge in [-0.1, -0.05) is 113 Å². The zero-order valence-electron chi connectivity index (χ0n) is 16.7. The van der Waals surface area contributed by atoms with E-state index in [9.17, 15) is 0 Å². The van der Waals surface area contributed by atoms with Crippen LogP contribution in [0.2, 0.25) is 0 Å². The van der Waals surface area contributed by atoms with Crippen LogP contribution in [0.25, 0.3) is 45.0 Å². The van der Waals surface area contributed by atoms with Crippen LogP contribution in [0.1, 0.15) is 0 Å². The van der Waals surface area contributed by atoms with Crippen molar-refractivity contribution in [1.82, 2.24) is 9.97 Å². The lowest BCUT2D eigenvalue weighted by Crippen LogP contribution is -1.95. The minimum absolute atomic E-state index is 0.725. The van der Waals surface area contributed by atoms with Crippen molar-refractivity contribution in [1.29, 1.82) is 0 Å². The maximum absolute atomic E-state index is 4.90. The van der Waals surface area contributed by atoms with E-state index < -0.39 is 0 Å². The van der Waals surface area contributed by atoms with Gasteiger partial charge in [0.2, 0.25) is 0 Å². The maximum Gasteiger partial charge on any atom is 0.160 e. The molecular formula is C28H19BrN2. The molecule has 5 rings (SSSR count). The average molecular weight is 463 g/mol. The summed E-state index contributed by atoms with van der Waals surface area (Å²) in [6, 6.07) is 39.3. The molecule has 0 atom stereocenters. The Morgan fingerprint density at radius 1 is 0.419 bits per heavy atom. The molecule has 31 heavy (non-hydrogen) atoms. The fourth-order valence-electron chi connectivity index (χ4n) is 3.54. The number of benzene rings is 4. The second-order valence-corrected chi connectivity index (χ2v) is 8.19. The second-order valence-electron chi connectivity index (χ2n) is 7.28. The van der Waals surface area contributed by atoms with Gasteiger partial charge in [-0.2, -0.15) is 0 Å². The molecule has 0 aliphatic heterocycles. The molecule has 2 nitrogen and oxygen atoms in total. The average Bonchev–Trinajstić information content (AvgIpc) is 2.85. The molecule has 4 aromatic carbocycles. The lowest BCUT2D eigenvalue weighted by molar-refractivity contribution is 1.18. The molecule has 0 aliphatic rings. The summed E-state index contributed by atoms with van der Waals surface area (Å²) in [6.07, 6.45) is 0. The Morgan fingerprint density at radius 3 is 1.32 bits per heavy atom. The van der Waals surface area contributed by atoms with E-state index in [2.05, 4.69) is 94.8 Å². The Bertz CT molecular complexity index is 1240. The van der Waals surface area contributed by atoms with E-state index in [-0.39, 0.29) is 0 Å². The van der Waals surface area contributed by atoms with E-state index in [1.807, 2.05) is 36.4 Å². The SMILES string of the molecule is Brc1ccc(-c2ccc(-c3nc(-c4ccccc4)cc(-c4ccccc4)n3)cc2)cc1. The summed E-state index contributed by atoms with van der Waals surface area (Å²) in [6.45, 7) is 0. The third-order valence-electron chi connectivity index (χ3n) is 5.19. The zero-order valence-corrected chi connectivity index (χ0v) is 18.3. The van der Waals surface area contributed by atoms with E-state index in [1.165, 1.54) is 11.1 Å². The molecule has 148 valence electrons. The summed E-state index contributed by atoms with van der Waals surface area (Å²) < 4.78 is 1.08. The quantitative estimate of drug-likeness (QED) is 0.271. The van der Waals surface area contributed by atoms with Gasteiger partial charge in [0.1, 0.15) is 0 Å². The first-order valence-corrected chi connectivity index (χ1v) is 10.9. The Balaban J connectivity index is 1.58. The summed E-state index contributed by atoms with van der Waals surface area (Å²) in [5.41, 5.74) is 7.33. The van der Waals surface area contributed by atoms with Crippen LogP contribution in [0.15, 0.2) is 120 Å². The number of hydrogen-bond donors (Lipinski definition) is 0. The summed E-state index contributed by atoms with van der Waals surface area (Å²) >= 11 is 3.50. The number of nitrogens with zero attached hydrogens (tertiary/aromatic N) is 2. The highest BCUT2D eigenvalue weighted by Gasteiger charge is 2.10. The van der Waals surface area contributed by atoms with Crippen molar-refractivity contribution in [2.75, 3.05) is 0 Å². The fraction of sp³-hybridized carbons (Fsp3) is 0. The predicted octanol–water partition coefficient (Wildman–Crippen LogP) is 7.91. The van der Waals surface area contributed by atoms with E-state index >= 15 is 0 Å². The van der Waals surface area contributed by atoms with Gasteiger partial charge in [-0.05, 0) is 29.3 Å². The van der Waals surface area contributed by atoms with Crippen LogP contribution in [-0.2, 0) is 0 Å². The molecule has 3 heteroatoms. The van der Waals surface area contributed by atoms with Crippen molar-refractivity contribution in [2.45, 2.75) is 0 Å². The third kappa shape index (κ3) is 4.32. The Hall–Kier alpha value is -3.56. The molecule has 0 spiro atoms. The van der Waals surface area contributed by atoms with Crippen molar-refractivity contribution in [3.63, 3.8) is 0 Å². The van der Waals surface area contributed by atoms with Crippen LogP contribution in [0.4, 0.5) is 0 Å². The number of halogens is 1. The topological polar surface area (TPSA) is 25.8 Å². The summed E-state index contributed by atoms with van der Waals surface area (Å²) in [5.74, 6) is 0.725. The minimum Gasteiger partial charge on any atom is -0.228 e. The summed E-state index contributed by atoms with van der Waals surface area (Å²) in [4.78, 5) is 9.79. The van der Waals surface area contributed by atoms with E-state index in [4.69, 9.17) is 9.97 Å². The number of aromatic nitrogens is 2. The first-order chi connectivity index (χ1) is 15.3. The fourth-order valence-corrected chi connectivity index (χ4v) is 3.81. The molecular weight excluding hydrogens is 444 g/mol. The van der Waals surface area contributed by atoms with Gasteiger partial charge >= 0.3 is 0 Å². The van der Waals surface area contributed by atoms with Crippen LogP contribution in [0.3, 0.4) is 0 Å². The maximum atomic E-state index is 4.90. The van der Waals surface area contributed by atoms with Gasteiger partial charge in [0, 0.05) is 21.2 Å². The predicted molar refractivity (Wildman–Crippen MR) is 131 cm³/mol.